The van der Waals surface area contributed by atoms with Gasteiger partial charge >= 0.3 is 0 Å². The Morgan fingerprint density at radius 1 is 1.28 bits per heavy atom. The fraction of sp³-hybridized carbons (Fsp3) is 0.750. The lowest BCUT2D eigenvalue weighted by atomic mass is 10.2. The summed E-state index contributed by atoms with van der Waals surface area (Å²) in [4.78, 5) is 8.50. The molecule has 0 atom stereocenters. The van der Waals surface area contributed by atoms with E-state index in [4.69, 9.17) is 4.52 Å². The summed E-state index contributed by atoms with van der Waals surface area (Å²) in [7, 11) is 0. The van der Waals surface area contributed by atoms with Crippen LogP contribution in [0.4, 0.5) is 0 Å². The Labute approximate surface area is 108 Å². The molecule has 0 spiro atoms. The second-order valence-corrected chi connectivity index (χ2v) is 4.06. The van der Waals surface area contributed by atoms with Gasteiger partial charge in [-0.15, -0.1) is 0 Å². The summed E-state index contributed by atoms with van der Waals surface area (Å²) < 4.78 is 5.01. The lowest BCUT2D eigenvalue weighted by Gasteiger charge is -2.10. The number of hydrogen-bond donors (Lipinski definition) is 2. The fourth-order valence-corrected chi connectivity index (χ4v) is 1.47. The maximum atomic E-state index is 5.01. The quantitative estimate of drug-likeness (QED) is 0.439. The van der Waals surface area contributed by atoms with Gasteiger partial charge in [-0.25, -0.2) is 4.99 Å². The summed E-state index contributed by atoms with van der Waals surface area (Å²) in [5.41, 5.74) is 0. The van der Waals surface area contributed by atoms with Crippen LogP contribution >= 0.6 is 0 Å². The van der Waals surface area contributed by atoms with Crippen LogP contribution in [-0.2, 0) is 6.54 Å². The summed E-state index contributed by atoms with van der Waals surface area (Å²) in [6, 6.07) is 0. The summed E-state index contributed by atoms with van der Waals surface area (Å²) in [6.07, 6.45) is 3.60. The maximum absolute atomic E-state index is 5.01. The largest absolute Gasteiger partial charge is 0.357 e. The van der Waals surface area contributed by atoms with E-state index in [0.29, 0.717) is 18.3 Å². The molecule has 0 unspecified atom stereocenters. The number of nitrogens with zero attached hydrogens (tertiary/aromatic N) is 3. The molecule has 0 fully saturated rings. The molecule has 102 valence electrons. The van der Waals surface area contributed by atoms with Gasteiger partial charge in [-0.2, -0.15) is 4.98 Å². The van der Waals surface area contributed by atoms with Crippen molar-refractivity contribution in [2.45, 2.75) is 46.6 Å². The van der Waals surface area contributed by atoms with Gasteiger partial charge < -0.3 is 15.2 Å². The number of unbranched alkanes of at least 4 members (excludes halogenated alkanes) is 2. The highest BCUT2D eigenvalue weighted by molar-refractivity contribution is 5.79. The minimum Gasteiger partial charge on any atom is -0.357 e. The molecule has 0 aliphatic rings. The molecule has 18 heavy (non-hydrogen) atoms. The van der Waals surface area contributed by atoms with Crippen LogP contribution in [0.5, 0.6) is 0 Å². The van der Waals surface area contributed by atoms with Gasteiger partial charge in [0.25, 0.3) is 0 Å². The molecule has 0 saturated carbocycles. The molecule has 0 bridgehead atoms. The van der Waals surface area contributed by atoms with Crippen LogP contribution in [0.3, 0.4) is 0 Å². The van der Waals surface area contributed by atoms with Crippen LogP contribution in [0.2, 0.25) is 0 Å². The average Bonchev–Trinajstić information content (AvgIpc) is 2.77. The predicted molar refractivity (Wildman–Crippen MR) is 71.4 cm³/mol. The Balaban J connectivity index is 2.39. The van der Waals surface area contributed by atoms with E-state index in [1.807, 2.05) is 6.92 Å². The Bertz CT molecular complexity index is 361. The highest BCUT2D eigenvalue weighted by Gasteiger charge is 2.02. The molecule has 0 aromatic carbocycles. The fourth-order valence-electron chi connectivity index (χ4n) is 1.47. The van der Waals surface area contributed by atoms with E-state index in [0.717, 1.165) is 25.5 Å². The maximum Gasteiger partial charge on any atom is 0.248 e. The zero-order valence-corrected chi connectivity index (χ0v) is 11.5. The second-order valence-electron chi connectivity index (χ2n) is 4.06. The topological polar surface area (TPSA) is 75.3 Å². The van der Waals surface area contributed by atoms with Crippen molar-refractivity contribution in [2.24, 2.45) is 4.99 Å². The van der Waals surface area contributed by atoms with Gasteiger partial charge in [-0.3, -0.25) is 0 Å². The molecular weight excluding hydrogens is 230 g/mol. The minimum atomic E-state index is 0.407. The van der Waals surface area contributed by atoms with Gasteiger partial charge in [0.2, 0.25) is 5.89 Å². The van der Waals surface area contributed by atoms with Gasteiger partial charge in [0.1, 0.15) is 6.54 Å². The highest BCUT2D eigenvalue weighted by atomic mass is 16.5. The standard InChI is InChI=1S/C12H23N5O/c1-4-6-7-8-14-12(13-5-2)15-9-11-16-10(3)17-18-11/h4-9H2,1-3H3,(H2,13,14,15). The molecule has 0 amide bonds. The molecule has 0 aliphatic heterocycles. The molecule has 2 N–H and O–H groups in total. The Morgan fingerprint density at radius 3 is 2.72 bits per heavy atom. The zero-order valence-electron chi connectivity index (χ0n) is 11.5. The van der Waals surface area contributed by atoms with Gasteiger partial charge in [0.05, 0.1) is 0 Å². The van der Waals surface area contributed by atoms with Gasteiger partial charge in [0, 0.05) is 13.1 Å². The first-order valence-corrected chi connectivity index (χ1v) is 6.57. The van der Waals surface area contributed by atoms with Crippen molar-refractivity contribution in [1.82, 2.24) is 20.8 Å². The zero-order chi connectivity index (χ0) is 13.2. The Kier molecular flexibility index (Phi) is 6.83. The first-order chi connectivity index (χ1) is 8.76. The summed E-state index contributed by atoms with van der Waals surface area (Å²) in [5, 5.41) is 10.2. The normalized spacial score (nSPS) is 11.6. The Hall–Kier alpha value is -1.59. The van der Waals surface area contributed by atoms with Crippen molar-refractivity contribution in [3.05, 3.63) is 11.7 Å². The van der Waals surface area contributed by atoms with E-state index >= 15 is 0 Å². The van der Waals surface area contributed by atoms with Crippen molar-refractivity contribution in [1.29, 1.82) is 0 Å². The number of nitrogens with one attached hydrogen (secondary N) is 2. The lowest BCUT2D eigenvalue weighted by Crippen LogP contribution is -2.37. The smallest absolute Gasteiger partial charge is 0.248 e. The molecule has 6 nitrogen and oxygen atoms in total. The number of aromatic nitrogens is 2. The molecule has 0 aliphatic carbocycles. The van der Waals surface area contributed by atoms with E-state index in [2.05, 4.69) is 32.7 Å². The third-order valence-electron chi connectivity index (χ3n) is 2.36. The monoisotopic (exact) mass is 253 g/mol. The minimum absolute atomic E-state index is 0.407. The van der Waals surface area contributed by atoms with Gasteiger partial charge in [-0.05, 0) is 20.3 Å². The van der Waals surface area contributed by atoms with Crippen molar-refractivity contribution < 1.29 is 4.52 Å². The van der Waals surface area contributed by atoms with Gasteiger partial charge in [-0.1, -0.05) is 24.9 Å². The van der Waals surface area contributed by atoms with Crippen molar-refractivity contribution in [2.75, 3.05) is 13.1 Å². The molecule has 6 heteroatoms. The van der Waals surface area contributed by atoms with E-state index < -0.39 is 0 Å². The van der Waals surface area contributed by atoms with Crippen LogP contribution < -0.4 is 10.6 Å². The number of aryl methyl sites for hydroxylation is 1. The van der Waals surface area contributed by atoms with Gasteiger partial charge in [0.15, 0.2) is 11.8 Å². The SMILES string of the molecule is CCCCCNC(=NCc1nc(C)no1)NCC. The summed E-state index contributed by atoms with van der Waals surface area (Å²) >= 11 is 0. The summed E-state index contributed by atoms with van der Waals surface area (Å²) in [5.74, 6) is 1.98. The number of hydrogen-bond acceptors (Lipinski definition) is 4. The van der Waals surface area contributed by atoms with Crippen LogP contribution in [-0.4, -0.2) is 29.2 Å². The molecular formula is C12H23N5O. The molecule has 1 aromatic heterocycles. The third-order valence-corrected chi connectivity index (χ3v) is 2.36. The lowest BCUT2D eigenvalue weighted by molar-refractivity contribution is 0.376. The number of rotatable bonds is 7. The first kappa shape index (κ1) is 14.5. The average molecular weight is 253 g/mol. The second kappa shape index (κ2) is 8.49. The van der Waals surface area contributed by atoms with Crippen LogP contribution in [0.1, 0.15) is 44.8 Å². The molecule has 1 heterocycles. The van der Waals surface area contributed by atoms with Crippen LogP contribution in [0.15, 0.2) is 9.52 Å². The highest BCUT2D eigenvalue weighted by Crippen LogP contribution is 1.97. The van der Waals surface area contributed by atoms with Crippen molar-refractivity contribution in [3.63, 3.8) is 0 Å². The molecule has 0 radical (unpaired) electrons. The molecule has 1 rings (SSSR count). The van der Waals surface area contributed by atoms with E-state index in [-0.39, 0.29) is 0 Å². The van der Waals surface area contributed by atoms with Crippen LogP contribution in [0.25, 0.3) is 0 Å². The summed E-state index contributed by atoms with van der Waals surface area (Å²) in [6.45, 7) is 8.21. The van der Waals surface area contributed by atoms with Crippen molar-refractivity contribution >= 4 is 5.96 Å². The number of aliphatic imine (C=N–C) groups is 1. The molecule has 0 saturated heterocycles. The van der Waals surface area contributed by atoms with Crippen LogP contribution in [0, 0.1) is 6.92 Å². The van der Waals surface area contributed by atoms with E-state index in [1.165, 1.54) is 12.8 Å². The van der Waals surface area contributed by atoms with Crippen molar-refractivity contribution in [3.8, 4) is 0 Å². The van der Waals surface area contributed by atoms with E-state index in [1.54, 1.807) is 6.92 Å². The third kappa shape index (κ3) is 5.65. The Morgan fingerprint density at radius 2 is 2.11 bits per heavy atom. The molecule has 1 aromatic rings. The number of guanidine groups is 1. The van der Waals surface area contributed by atoms with E-state index in [9.17, 15) is 0 Å². The first-order valence-electron chi connectivity index (χ1n) is 6.57. The predicted octanol–water partition coefficient (Wildman–Crippen LogP) is 1.62.